The van der Waals surface area contributed by atoms with E-state index in [4.69, 9.17) is 0 Å². The van der Waals surface area contributed by atoms with E-state index in [9.17, 15) is 22.8 Å². The highest BCUT2D eigenvalue weighted by molar-refractivity contribution is 5.97. The molecule has 0 aromatic carbocycles. The molecule has 0 spiro atoms. The number of rotatable bonds is 3. The van der Waals surface area contributed by atoms with Gasteiger partial charge in [0.2, 0.25) is 11.8 Å². The van der Waals surface area contributed by atoms with Crippen LogP contribution in [0.25, 0.3) is 0 Å². The number of nitrogens with one attached hydrogen (secondary N) is 1. The molecule has 1 atom stereocenters. The fourth-order valence-electron chi connectivity index (χ4n) is 1.80. The Hall–Kier alpha value is -1.27. The van der Waals surface area contributed by atoms with E-state index < -0.39 is 36.5 Å². The SMILES string of the molecule is CCC1(C)C(=O)NCC(=O)N1CCC(F)(F)F. The van der Waals surface area contributed by atoms with Crippen molar-refractivity contribution in [2.24, 2.45) is 0 Å². The zero-order valence-corrected chi connectivity index (χ0v) is 9.73. The molecule has 4 nitrogen and oxygen atoms in total. The lowest BCUT2D eigenvalue weighted by Gasteiger charge is -2.43. The van der Waals surface area contributed by atoms with Crippen LogP contribution in [0, 0.1) is 0 Å². The minimum atomic E-state index is -4.33. The average Bonchev–Trinajstić information content (AvgIpc) is 2.22. The summed E-state index contributed by atoms with van der Waals surface area (Å²) in [5, 5.41) is 2.39. The first kappa shape index (κ1) is 13.8. The molecule has 1 rings (SSSR count). The average molecular weight is 252 g/mol. The predicted molar refractivity (Wildman–Crippen MR) is 54.1 cm³/mol. The Balaban J connectivity index is 2.83. The zero-order chi connectivity index (χ0) is 13.3. The molecule has 2 amide bonds. The highest BCUT2D eigenvalue weighted by atomic mass is 19.4. The molecule has 0 aromatic heterocycles. The van der Waals surface area contributed by atoms with Crippen LogP contribution in [0.4, 0.5) is 13.2 Å². The van der Waals surface area contributed by atoms with Gasteiger partial charge >= 0.3 is 6.18 Å². The normalized spacial score (nSPS) is 26.1. The number of hydrogen-bond acceptors (Lipinski definition) is 2. The van der Waals surface area contributed by atoms with Gasteiger partial charge in [0.25, 0.3) is 0 Å². The predicted octanol–water partition coefficient (Wildman–Crippen LogP) is 1.07. The fraction of sp³-hybridized carbons (Fsp3) is 0.800. The minimum absolute atomic E-state index is 0.230. The van der Waals surface area contributed by atoms with Gasteiger partial charge in [-0.1, -0.05) is 6.92 Å². The summed E-state index contributed by atoms with van der Waals surface area (Å²) in [6, 6.07) is 0. The van der Waals surface area contributed by atoms with Crippen molar-refractivity contribution in [2.75, 3.05) is 13.1 Å². The standard InChI is InChI=1S/C10H15F3N2O2/c1-3-9(2)8(17)14-6-7(16)15(9)5-4-10(11,12)13/h3-6H2,1-2H3,(H,14,17). The molecule has 0 saturated carbocycles. The Morgan fingerprint density at radius 3 is 2.47 bits per heavy atom. The molecule has 1 heterocycles. The molecule has 0 aromatic rings. The molecule has 1 N–H and O–H groups in total. The van der Waals surface area contributed by atoms with Gasteiger partial charge in [0.05, 0.1) is 13.0 Å². The molecule has 1 aliphatic rings. The Morgan fingerprint density at radius 1 is 1.41 bits per heavy atom. The van der Waals surface area contributed by atoms with Crippen molar-refractivity contribution in [1.82, 2.24) is 10.2 Å². The lowest BCUT2D eigenvalue weighted by Crippen LogP contribution is -2.65. The third-order valence-electron chi connectivity index (χ3n) is 3.09. The number of amides is 2. The summed E-state index contributed by atoms with van der Waals surface area (Å²) in [6.07, 6.45) is -5.15. The van der Waals surface area contributed by atoms with Crippen LogP contribution in [0.1, 0.15) is 26.7 Å². The summed E-state index contributed by atoms with van der Waals surface area (Å²) < 4.78 is 36.5. The van der Waals surface area contributed by atoms with Crippen LogP contribution in [0.5, 0.6) is 0 Å². The summed E-state index contributed by atoms with van der Waals surface area (Å²) in [4.78, 5) is 24.2. The van der Waals surface area contributed by atoms with E-state index in [-0.39, 0.29) is 13.0 Å². The molecule has 1 saturated heterocycles. The molecule has 0 bridgehead atoms. The minimum Gasteiger partial charge on any atom is -0.345 e. The largest absolute Gasteiger partial charge is 0.390 e. The van der Waals surface area contributed by atoms with Crippen molar-refractivity contribution in [1.29, 1.82) is 0 Å². The Labute approximate surface area is 97.1 Å². The van der Waals surface area contributed by atoms with Crippen LogP contribution in [0.3, 0.4) is 0 Å². The first-order valence-electron chi connectivity index (χ1n) is 5.36. The highest BCUT2D eigenvalue weighted by Crippen LogP contribution is 2.26. The van der Waals surface area contributed by atoms with E-state index in [1.807, 2.05) is 0 Å². The molecule has 0 aliphatic carbocycles. The van der Waals surface area contributed by atoms with Gasteiger partial charge in [-0.25, -0.2) is 0 Å². The lowest BCUT2D eigenvalue weighted by molar-refractivity contribution is -0.161. The van der Waals surface area contributed by atoms with Crippen molar-refractivity contribution < 1.29 is 22.8 Å². The second-order valence-corrected chi connectivity index (χ2v) is 4.22. The van der Waals surface area contributed by atoms with Crippen molar-refractivity contribution >= 4 is 11.8 Å². The van der Waals surface area contributed by atoms with Gasteiger partial charge in [-0.15, -0.1) is 0 Å². The number of carbonyl (C=O) groups is 2. The van der Waals surface area contributed by atoms with E-state index in [0.29, 0.717) is 0 Å². The van der Waals surface area contributed by atoms with E-state index in [1.54, 1.807) is 6.92 Å². The van der Waals surface area contributed by atoms with Gasteiger partial charge in [-0.2, -0.15) is 13.2 Å². The molecular formula is C10H15F3N2O2. The van der Waals surface area contributed by atoms with Gasteiger partial charge in [0, 0.05) is 6.54 Å². The van der Waals surface area contributed by atoms with Crippen LogP contribution >= 0.6 is 0 Å². The maximum absolute atomic E-state index is 12.2. The molecule has 17 heavy (non-hydrogen) atoms. The quantitative estimate of drug-likeness (QED) is 0.816. The summed E-state index contributed by atoms with van der Waals surface area (Å²) in [7, 11) is 0. The van der Waals surface area contributed by atoms with Crippen LogP contribution in [-0.2, 0) is 9.59 Å². The third kappa shape index (κ3) is 2.89. The van der Waals surface area contributed by atoms with Crippen molar-refractivity contribution in [3.05, 3.63) is 0 Å². The number of piperazine rings is 1. The van der Waals surface area contributed by atoms with Crippen molar-refractivity contribution in [3.8, 4) is 0 Å². The fourth-order valence-corrected chi connectivity index (χ4v) is 1.80. The molecule has 1 unspecified atom stereocenters. The summed E-state index contributed by atoms with van der Waals surface area (Å²) in [5.41, 5.74) is -1.18. The van der Waals surface area contributed by atoms with Crippen molar-refractivity contribution in [2.45, 2.75) is 38.4 Å². The zero-order valence-electron chi connectivity index (χ0n) is 9.73. The molecule has 98 valence electrons. The molecule has 1 fully saturated rings. The van der Waals surface area contributed by atoms with Gasteiger partial charge in [-0.3, -0.25) is 9.59 Å². The van der Waals surface area contributed by atoms with Crippen LogP contribution < -0.4 is 5.32 Å². The molecule has 1 aliphatic heterocycles. The maximum atomic E-state index is 12.2. The second kappa shape index (κ2) is 4.54. The summed E-state index contributed by atoms with van der Waals surface area (Å²) >= 11 is 0. The summed E-state index contributed by atoms with van der Waals surface area (Å²) in [5.74, 6) is -0.875. The van der Waals surface area contributed by atoms with Crippen LogP contribution in [-0.4, -0.2) is 41.5 Å². The van der Waals surface area contributed by atoms with Gasteiger partial charge in [0.15, 0.2) is 0 Å². The Kier molecular flexibility index (Phi) is 3.68. The Bertz CT molecular complexity index is 330. The lowest BCUT2D eigenvalue weighted by atomic mass is 9.92. The van der Waals surface area contributed by atoms with E-state index in [1.165, 1.54) is 6.92 Å². The van der Waals surface area contributed by atoms with Gasteiger partial charge < -0.3 is 10.2 Å². The number of carbonyl (C=O) groups excluding carboxylic acids is 2. The summed E-state index contributed by atoms with van der Waals surface area (Å²) in [6.45, 7) is 2.45. The second-order valence-electron chi connectivity index (χ2n) is 4.22. The van der Waals surface area contributed by atoms with Gasteiger partial charge in [-0.05, 0) is 13.3 Å². The first-order valence-corrected chi connectivity index (χ1v) is 5.36. The molecular weight excluding hydrogens is 237 g/mol. The van der Waals surface area contributed by atoms with Crippen LogP contribution in [0.15, 0.2) is 0 Å². The highest BCUT2D eigenvalue weighted by Gasteiger charge is 2.45. The van der Waals surface area contributed by atoms with Crippen molar-refractivity contribution in [3.63, 3.8) is 0 Å². The molecule has 0 radical (unpaired) electrons. The topological polar surface area (TPSA) is 49.4 Å². The number of halogens is 3. The Morgan fingerprint density at radius 2 is 2.00 bits per heavy atom. The van der Waals surface area contributed by atoms with E-state index >= 15 is 0 Å². The number of hydrogen-bond donors (Lipinski definition) is 1. The maximum Gasteiger partial charge on any atom is 0.390 e. The van der Waals surface area contributed by atoms with Gasteiger partial charge in [0.1, 0.15) is 5.54 Å². The van der Waals surface area contributed by atoms with E-state index in [2.05, 4.69) is 5.32 Å². The monoisotopic (exact) mass is 252 g/mol. The van der Waals surface area contributed by atoms with Crippen LogP contribution in [0.2, 0.25) is 0 Å². The third-order valence-corrected chi connectivity index (χ3v) is 3.09. The van der Waals surface area contributed by atoms with E-state index in [0.717, 1.165) is 4.90 Å². The smallest absolute Gasteiger partial charge is 0.345 e. The first-order chi connectivity index (χ1) is 7.70. The number of alkyl halides is 3. The number of nitrogens with zero attached hydrogens (tertiary/aromatic N) is 1. The molecule has 7 heteroatoms.